The van der Waals surface area contributed by atoms with E-state index in [1.54, 1.807) is 10.4 Å². The van der Waals surface area contributed by atoms with Gasteiger partial charge < -0.3 is 14.2 Å². The van der Waals surface area contributed by atoms with Crippen LogP contribution in [-0.2, 0) is 41.9 Å². The van der Waals surface area contributed by atoms with Gasteiger partial charge in [0.25, 0.3) is 0 Å². The molecule has 236 valence electrons. The molecule has 2 heterocycles. The van der Waals surface area contributed by atoms with Gasteiger partial charge in [-0.25, -0.2) is 8.42 Å². The lowest BCUT2D eigenvalue weighted by Crippen LogP contribution is -2.79. The van der Waals surface area contributed by atoms with Crippen LogP contribution in [0.1, 0.15) is 63.6 Å². The van der Waals surface area contributed by atoms with Gasteiger partial charge >= 0.3 is 11.9 Å². The number of nitrogens with zero attached hydrogens (tertiary/aromatic N) is 2. The molecule has 1 saturated heterocycles. The maximum Gasteiger partial charge on any atom is 0.308 e. The fourth-order valence-corrected chi connectivity index (χ4v) is 10.6. The van der Waals surface area contributed by atoms with Crippen LogP contribution in [-0.4, -0.2) is 73.0 Å². The van der Waals surface area contributed by atoms with E-state index in [4.69, 9.17) is 14.2 Å². The molecule has 0 radical (unpaired) electrons. The molecule has 2 aliphatic carbocycles. The summed E-state index contributed by atoms with van der Waals surface area (Å²) in [7, 11) is -3.79. The number of sulfonamides is 1. The van der Waals surface area contributed by atoms with Crippen LogP contribution < -0.4 is 9.47 Å². The van der Waals surface area contributed by atoms with Gasteiger partial charge in [0.1, 0.15) is 11.7 Å². The SMILES string of the molecule is C=CCN1CC[C@]23c4c5ccc(OC(C)=O)c4O[C@H]2[C@H](N(CC(C)C)S(=O)(=O)Cc2ccccc2)CC[C@@]3(OC(C)=O)[C@H]1C5. The third kappa shape index (κ3) is 4.77. The van der Waals surface area contributed by atoms with Gasteiger partial charge in [0.05, 0.1) is 23.3 Å². The van der Waals surface area contributed by atoms with E-state index in [1.165, 1.54) is 13.8 Å². The Kier molecular flexibility index (Phi) is 7.91. The van der Waals surface area contributed by atoms with E-state index in [-0.39, 0.29) is 23.7 Å². The van der Waals surface area contributed by atoms with Gasteiger partial charge in [-0.15, -0.1) is 6.58 Å². The van der Waals surface area contributed by atoms with Crippen molar-refractivity contribution in [3.63, 3.8) is 0 Å². The molecule has 6 rings (SSSR count). The number of hydrogen-bond acceptors (Lipinski definition) is 8. The number of piperidine rings is 1. The molecule has 44 heavy (non-hydrogen) atoms. The monoisotopic (exact) mass is 622 g/mol. The van der Waals surface area contributed by atoms with Crippen LogP contribution in [0.25, 0.3) is 0 Å². The summed E-state index contributed by atoms with van der Waals surface area (Å²) in [5.74, 6) is -0.144. The molecule has 10 heteroatoms. The second-order valence-electron chi connectivity index (χ2n) is 13.1. The van der Waals surface area contributed by atoms with Gasteiger partial charge in [-0.05, 0) is 48.8 Å². The fraction of sp³-hybridized carbons (Fsp3) is 0.529. The molecule has 0 unspecified atom stereocenters. The predicted octanol–water partition coefficient (Wildman–Crippen LogP) is 4.38. The smallest absolute Gasteiger partial charge is 0.308 e. The highest BCUT2D eigenvalue weighted by Crippen LogP contribution is 2.67. The maximum absolute atomic E-state index is 14.3. The Morgan fingerprint density at radius 3 is 2.55 bits per heavy atom. The molecule has 2 aromatic rings. The summed E-state index contributed by atoms with van der Waals surface area (Å²) in [5, 5.41) is 0. The number of likely N-dealkylation sites (tertiary alicyclic amines) is 1. The first-order valence-electron chi connectivity index (χ1n) is 15.5. The summed E-state index contributed by atoms with van der Waals surface area (Å²) in [6.07, 6.45) is 3.35. The van der Waals surface area contributed by atoms with Crippen molar-refractivity contribution in [1.29, 1.82) is 0 Å². The van der Waals surface area contributed by atoms with E-state index in [2.05, 4.69) is 11.5 Å². The zero-order valence-corrected chi connectivity index (χ0v) is 26.8. The standard InChI is InChI=1S/C34H42N2O7S/c1-6-17-35-18-16-33-30-26-12-13-28(41-23(4)37)31(30)42-32(33)27(14-15-34(33,29(35)19-26)43-24(5)38)36(20-22(2)3)44(39,40)21-25-10-8-7-9-11-25/h6-13,22,27,29,32H,1,14-21H2,2-5H3/t27-,29-,32+,33+,34-/m1/s1. The molecule has 1 spiro atoms. The van der Waals surface area contributed by atoms with Gasteiger partial charge in [-0.1, -0.05) is 56.3 Å². The number of carbonyl (C=O) groups is 2. The van der Waals surface area contributed by atoms with E-state index < -0.39 is 39.2 Å². The minimum Gasteiger partial charge on any atom is -0.483 e. The first kappa shape index (κ1) is 30.8. The quantitative estimate of drug-likeness (QED) is 0.219. The van der Waals surface area contributed by atoms with Crippen LogP contribution in [0.2, 0.25) is 0 Å². The van der Waals surface area contributed by atoms with Crippen LogP contribution in [0.5, 0.6) is 11.5 Å². The van der Waals surface area contributed by atoms with Crippen molar-refractivity contribution in [2.45, 2.75) is 88.3 Å². The molecular weight excluding hydrogens is 580 g/mol. The van der Waals surface area contributed by atoms with Crippen LogP contribution in [0, 0.1) is 5.92 Å². The second kappa shape index (κ2) is 11.3. The zero-order chi connectivity index (χ0) is 31.4. The average molecular weight is 623 g/mol. The summed E-state index contributed by atoms with van der Waals surface area (Å²) in [5.41, 5.74) is 0.867. The second-order valence-corrected chi connectivity index (χ2v) is 15.0. The number of esters is 2. The van der Waals surface area contributed by atoms with Crippen LogP contribution in [0.3, 0.4) is 0 Å². The van der Waals surface area contributed by atoms with Gasteiger partial charge in [0.2, 0.25) is 10.0 Å². The van der Waals surface area contributed by atoms with Crippen molar-refractivity contribution in [2.24, 2.45) is 5.92 Å². The summed E-state index contributed by atoms with van der Waals surface area (Å²) in [4.78, 5) is 27.5. The van der Waals surface area contributed by atoms with Crippen LogP contribution in [0.15, 0.2) is 55.1 Å². The number of benzene rings is 2. The Balaban J connectivity index is 1.54. The number of rotatable bonds is 10. The highest BCUT2D eigenvalue weighted by molar-refractivity contribution is 7.88. The Hall–Kier alpha value is -3.21. The molecular formula is C34H42N2O7S. The van der Waals surface area contributed by atoms with Crippen molar-refractivity contribution < 1.29 is 32.2 Å². The van der Waals surface area contributed by atoms with Gasteiger partial charge in [0.15, 0.2) is 11.5 Å². The Bertz CT molecular complexity index is 1580. The number of carbonyl (C=O) groups excluding carboxylic acids is 2. The average Bonchev–Trinajstić information content (AvgIpc) is 3.30. The summed E-state index contributed by atoms with van der Waals surface area (Å²) < 4.78 is 49.4. The molecule has 2 bridgehead atoms. The molecule has 4 aliphatic rings. The molecule has 2 aliphatic heterocycles. The predicted molar refractivity (Wildman–Crippen MR) is 166 cm³/mol. The normalized spacial score (nSPS) is 28.7. The first-order chi connectivity index (χ1) is 20.9. The highest BCUT2D eigenvalue weighted by atomic mass is 32.2. The first-order valence-corrected chi connectivity index (χ1v) is 17.1. The molecule has 5 atom stereocenters. The fourth-order valence-electron chi connectivity index (χ4n) is 8.63. The molecule has 0 N–H and O–H groups in total. The topological polar surface area (TPSA) is 102 Å². The van der Waals surface area contributed by atoms with Gasteiger partial charge in [-0.3, -0.25) is 14.5 Å². The van der Waals surface area contributed by atoms with Crippen molar-refractivity contribution in [3.8, 4) is 11.5 Å². The third-order valence-electron chi connectivity index (χ3n) is 9.89. The van der Waals surface area contributed by atoms with Gasteiger partial charge in [-0.2, -0.15) is 4.31 Å². The lowest BCUT2D eigenvalue weighted by molar-refractivity contribution is -0.220. The van der Waals surface area contributed by atoms with E-state index in [0.717, 1.165) is 16.7 Å². The lowest BCUT2D eigenvalue weighted by Gasteiger charge is -2.65. The Labute approximate surface area is 260 Å². The molecule has 1 saturated carbocycles. The van der Waals surface area contributed by atoms with E-state index in [9.17, 15) is 18.0 Å². The lowest BCUT2D eigenvalue weighted by atomic mass is 9.48. The highest BCUT2D eigenvalue weighted by Gasteiger charge is 2.76. The summed E-state index contributed by atoms with van der Waals surface area (Å²) in [6, 6.07) is 12.3. The van der Waals surface area contributed by atoms with E-state index in [1.807, 2.05) is 56.3 Å². The Morgan fingerprint density at radius 1 is 1.14 bits per heavy atom. The molecule has 0 amide bonds. The van der Waals surface area contributed by atoms with Crippen LogP contribution >= 0.6 is 0 Å². The van der Waals surface area contributed by atoms with E-state index >= 15 is 0 Å². The molecule has 2 aromatic carbocycles. The molecule has 9 nitrogen and oxygen atoms in total. The Morgan fingerprint density at radius 2 is 1.89 bits per heavy atom. The van der Waals surface area contributed by atoms with Crippen molar-refractivity contribution in [2.75, 3.05) is 19.6 Å². The largest absolute Gasteiger partial charge is 0.483 e. The van der Waals surface area contributed by atoms with Crippen molar-refractivity contribution in [3.05, 3.63) is 71.8 Å². The van der Waals surface area contributed by atoms with Gasteiger partial charge in [0, 0.05) is 39.0 Å². The summed E-state index contributed by atoms with van der Waals surface area (Å²) in [6.45, 7) is 12.5. The molecule has 2 fully saturated rings. The minimum absolute atomic E-state index is 0.0580. The number of ether oxygens (including phenoxy) is 3. The van der Waals surface area contributed by atoms with Crippen LogP contribution in [0.4, 0.5) is 0 Å². The summed E-state index contributed by atoms with van der Waals surface area (Å²) >= 11 is 0. The van der Waals surface area contributed by atoms with E-state index in [0.29, 0.717) is 56.8 Å². The number of hydrogen-bond donors (Lipinski definition) is 0. The molecule has 0 aromatic heterocycles. The zero-order valence-electron chi connectivity index (χ0n) is 26.0. The maximum atomic E-state index is 14.3. The minimum atomic E-state index is -3.79. The third-order valence-corrected chi connectivity index (χ3v) is 11.7. The van der Waals surface area contributed by atoms with Crippen molar-refractivity contribution >= 4 is 22.0 Å². The van der Waals surface area contributed by atoms with Crippen molar-refractivity contribution in [1.82, 2.24) is 9.21 Å².